The molecule has 1 unspecified atom stereocenters. The van der Waals surface area contributed by atoms with Crippen molar-refractivity contribution in [1.82, 2.24) is 0 Å². The van der Waals surface area contributed by atoms with Crippen LogP contribution in [0.1, 0.15) is 20.3 Å². The quantitative estimate of drug-likeness (QED) is 0.435. The fraction of sp³-hybridized carbons (Fsp3) is 0.778. The summed E-state index contributed by atoms with van der Waals surface area (Å²) in [5.41, 5.74) is -6.77. The highest BCUT2D eigenvalue weighted by Gasteiger charge is 2.51. The molecule has 0 aromatic carbocycles. The van der Waals surface area contributed by atoms with Crippen molar-refractivity contribution in [2.45, 2.75) is 36.8 Å². The molecular formula is C9H9B4F3O3S. The molecule has 1 rings (SSSR count). The lowest BCUT2D eigenvalue weighted by Crippen LogP contribution is -2.39. The molecular weight excluding hydrogens is 288 g/mol. The third kappa shape index (κ3) is 3.07. The van der Waals surface area contributed by atoms with Gasteiger partial charge >= 0.3 is 15.6 Å². The molecule has 102 valence electrons. The van der Waals surface area contributed by atoms with E-state index in [-0.39, 0.29) is 6.42 Å². The minimum Gasteiger partial charge on any atom is -0.383 e. The Labute approximate surface area is 121 Å². The van der Waals surface area contributed by atoms with Crippen LogP contribution in [0.3, 0.4) is 0 Å². The highest BCUT2D eigenvalue weighted by atomic mass is 32.2. The van der Waals surface area contributed by atoms with Crippen LogP contribution in [-0.4, -0.2) is 45.3 Å². The molecule has 8 radical (unpaired) electrons. The van der Waals surface area contributed by atoms with Gasteiger partial charge in [-0.2, -0.15) is 21.6 Å². The van der Waals surface area contributed by atoms with Crippen LogP contribution in [-0.2, 0) is 14.3 Å². The van der Waals surface area contributed by atoms with E-state index < -0.39 is 43.3 Å². The smallest absolute Gasteiger partial charge is 0.383 e. The van der Waals surface area contributed by atoms with Gasteiger partial charge in [-0.05, 0) is 10.6 Å². The summed E-state index contributed by atoms with van der Waals surface area (Å²) in [6.45, 7) is 3.29. The normalized spacial score (nSPS) is 26.4. The van der Waals surface area contributed by atoms with Crippen molar-refractivity contribution in [3.63, 3.8) is 0 Å². The Morgan fingerprint density at radius 2 is 1.75 bits per heavy atom. The highest BCUT2D eigenvalue weighted by molar-refractivity contribution is 7.87. The summed E-state index contributed by atoms with van der Waals surface area (Å²) in [5.74, 6) is -1.82. The van der Waals surface area contributed by atoms with Gasteiger partial charge in [-0.15, -0.1) is 0 Å². The van der Waals surface area contributed by atoms with Gasteiger partial charge in [0.25, 0.3) is 0 Å². The van der Waals surface area contributed by atoms with Crippen molar-refractivity contribution in [3.8, 4) is 0 Å². The fourth-order valence-corrected chi connectivity index (χ4v) is 2.62. The zero-order valence-corrected chi connectivity index (χ0v) is 11.7. The van der Waals surface area contributed by atoms with E-state index in [0.717, 1.165) is 0 Å². The summed E-state index contributed by atoms with van der Waals surface area (Å²) in [7, 11) is 16.6. The Kier molecular flexibility index (Phi) is 4.21. The van der Waals surface area contributed by atoms with E-state index in [4.69, 9.17) is 31.4 Å². The molecule has 0 heterocycles. The molecule has 3 nitrogen and oxygen atoms in total. The highest BCUT2D eigenvalue weighted by Crippen LogP contribution is 2.55. The Hall–Kier alpha value is -0.460. The van der Waals surface area contributed by atoms with E-state index >= 15 is 0 Å². The minimum absolute atomic E-state index is 0.107. The zero-order valence-electron chi connectivity index (χ0n) is 10.9. The molecule has 0 fully saturated rings. The zero-order chi connectivity index (χ0) is 16.1. The topological polar surface area (TPSA) is 43.4 Å². The van der Waals surface area contributed by atoms with E-state index in [2.05, 4.69) is 4.18 Å². The van der Waals surface area contributed by atoms with E-state index in [1.165, 1.54) is 0 Å². The first-order chi connectivity index (χ1) is 8.62. The number of hydrogen-bond acceptors (Lipinski definition) is 3. The molecule has 0 bridgehead atoms. The fourth-order valence-electron chi connectivity index (χ4n) is 2.06. The van der Waals surface area contributed by atoms with Crippen molar-refractivity contribution in [3.05, 3.63) is 11.2 Å². The molecule has 0 aromatic heterocycles. The van der Waals surface area contributed by atoms with Gasteiger partial charge in [0, 0.05) is 0 Å². The third-order valence-electron chi connectivity index (χ3n) is 3.09. The standard InChI is InChI=1S/C9H9B4F3O3S/c1-7(2)3-8(12,13)6(4(10)5(7)11)19-20(17,18)9(14,15)16/h5H,3H2,1-2H3. The lowest BCUT2D eigenvalue weighted by molar-refractivity contribution is -0.0526. The van der Waals surface area contributed by atoms with Crippen molar-refractivity contribution >= 4 is 41.5 Å². The number of hydrogen-bond donors (Lipinski definition) is 0. The van der Waals surface area contributed by atoms with Crippen molar-refractivity contribution in [2.24, 2.45) is 5.41 Å². The van der Waals surface area contributed by atoms with Crippen LogP contribution in [0.25, 0.3) is 0 Å². The van der Waals surface area contributed by atoms with Crippen LogP contribution in [0.5, 0.6) is 0 Å². The largest absolute Gasteiger partial charge is 0.534 e. The average molecular weight is 297 g/mol. The van der Waals surface area contributed by atoms with Crippen LogP contribution >= 0.6 is 0 Å². The summed E-state index contributed by atoms with van der Waals surface area (Å²) in [5, 5.41) is -1.97. The van der Waals surface area contributed by atoms with Gasteiger partial charge in [-0.25, -0.2) is 0 Å². The number of rotatable bonds is 2. The number of alkyl halides is 3. The van der Waals surface area contributed by atoms with E-state index in [1.807, 2.05) is 0 Å². The summed E-state index contributed by atoms with van der Waals surface area (Å²) < 4.78 is 63.1. The molecule has 11 heteroatoms. The first-order valence-corrected chi connectivity index (χ1v) is 6.87. The molecule has 20 heavy (non-hydrogen) atoms. The van der Waals surface area contributed by atoms with Crippen LogP contribution < -0.4 is 0 Å². The second kappa shape index (κ2) is 4.78. The lowest BCUT2D eigenvalue weighted by atomic mass is 9.39. The van der Waals surface area contributed by atoms with Gasteiger partial charge < -0.3 is 4.18 Å². The maximum atomic E-state index is 12.3. The van der Waals surface area contributed by atoms with Gasteiger partial charge in [0.1, 0.15) is 7.85 Å². The van der Waals surface area contributed by atoms with Crippen LogP contribution in [0.4, 0.5) is 13.2 Å². The maximum Gasteiger partial charge on any atom is 0.534 e. The second-order valence-electron chi connectivity index (χ2n) is 5.45. The van der Waals surface area contributed by atoms with E-state index in [9.17, 15) is 21.6 Å². The Bertz CT molecular complexity index is 539. The first kappa shape index (κ1) is 17.6. The minimum atomic E-state index is -5.92. The monoisotopic (exact) mass is 298 g/mol. The lowest BCUT2D eigenvalue weighted by Gasteiger charge is -2.47. The summed E-state index contributed by atoms with van der Waals surface area (Å²) in [6, 6.07) is 0. The predicted octanol–water partition coefficient (Wildman–Crippen LogP) is 1.07. The summed E-state index contributed by atoms with van der Waals surface area (Å²) >= 11 is 0. The average Bonchev–Trinajstić information content (AvgIpc) is 2.19. The van der Waals surface area contributed by atoms with E-state index in [1.54, 1.807) is 13.8 Å². The molecule has 0 N–H and O–H groups in total. The van der Waals surface area contributed by atoms with Gasteiger partial charge in [0.2, 0.25) is 0 Å². The van der Waals surface area contributed by atoms with Gasteiger partial charge in [0.15, 0.2) is 0 Å². The molecule has 1 aliphatic carbocycles. The first-order valence-electron chi connectivity index (χ1n) is 5.46. The molecule has 1 atom stereocenters. The number of halogens is 3. The van der Waals surface area contributed by atoms with Gasteiger partial charge in [-0.3, -0.25) is 0 Å². The van der Waals surface area contributed by atoms with Crippen LogP contribution in [0.15, 0.2) is 11.2 Å². The molecule has 0 saturated heterocycles. The summed E-state index contributed by atoms with van der Waals surface area (Å²) in [6.07, 6.45) is -0.107. The van der Waals surface area contributed by atoms with E-state index in [0.29, 0.717) is 0 Å². The Morgan fingerprint density at radius 1 is 1.30 bits per heavy atom. The Balaban J connectivity index is 3.33. The Morgan fingerprint density at radius 3 is 2.15 bits per heavy atom. The summed E-state index contributed by atoms with van der Waals surface area (Å²) in [4.78, 5) is 0. The van der Waals surface area contributed by atoms with Gasteiger partial charge in [0.05, 0.1) is 29.3 Å². The van der Waals surface area contributed by atoms with Crippen molar-refractivity contribution < 1.29 is 25.8 Å². The maximum absolute atomic E-state index is 12.3. The third-order valence-corrected chi connectivity index (χ3v) is 4.04. The van der Waals surface area contributed by atoms with Crippen molar-refractivity contribution in [1.29, 1.82) is 0 Å². The number of allylic oxidation sites excluding steroid dienone is 2. The molecule has 0 spiro atoms. The SMILES string of the molecule is [B]C1=C(OS(=O)(=O)C(F)(F)F)C([B])([B])CC(C)(C)C1[B]. The molecule has 1 aliphatic rings. The predicted molar refractivity (Wildman–Crippen MR) is 70.9 cm³/mol. The molecule has 0 aromatic rings. The second-order valence-corrected chi connectivity index (χ2v) is 6.99. The molecule has 0 saturated carbocycles. The molecule has 0 amide bonds. The van der Waals surface area contributed by atoms with Crippen LogP contribution in [0.2, 0.25) is 11.0 Å². The molecule has 0 aliphatic heterocycles. The van der Waals surface area contributed by atoms with Gasteiger partial charge in [-0.1, -0.05) is 31.6 Å². The van der Waals surface area contributed by atoms with Crippen LogP contribution in [0, 0.1) is 5.41 Å². The van der Waals surface area contributed by atoms with Crippen molar-refractivity contribution in [2.75, 3.05) is 0 Å².